The molecular weight excluding hydrogens is 222 g/mol. The van der Waals surface area contributed by atoms with E-state index in [9.17, 15) is 9.59 Å². The van der Waals surface area contributed by atoms with E-state index in [1.165, 1.54) is 0 Å². The summed E-state index contributed by atoms with van der Waals surface area (Å²) in [6.45, 7) is 10.7. The average molecular weight is 243 g/mol. The highest BCUT2D eigenvalue weighted by atomic mass is 16.6. The van der Waals surface area contributed by atoms with Crippen molar-refractivity contribution in [2.75, 3.05) is 6.61 Å². The van der Waals surface area contributed by atoms with Crippen molar-refractivity contribution >= 4 is 12.1 Å². The maximum absolute atomic E-state index is 11.5. The zero-order valence-electron chi connectivity index (χ0n) is 10.9. The summed E-state index contributed by atoms with van der Waals surface area (Å²) >= 11 is 0. The molecule has 98 valence electrons. The zero-order valence-corrected chi connectivity index (χ0v) is 10.9. The van der Waals surface area contributed by atoms with Gasteiger partial charge in [-0.1, -0.05) is 6.08 Å². The minimum Gasteiger partial charge on any atom is -0.464 e. The molecule has 5 nitrogen and oxygen atoms in total. The molecule has 1 unspecified atom stereocenters. The van der Waals surface area contributed by atoms with Crippen molar-refractivity contribution in [3.63, 3.8) is 0 Å². The van der Waals surface area contributed by atoms with Crippen molar-refractivity contribution in [2.24, 2.45) is 0 Å². The molecule has 0 aliphatic rings. The lowest BCUT2D eigenvalue weighted by atomic mass is 10.2. The van der Waals surface area contributed by atoms with Crippen LogP contribution in [0.5, 0.6) is 0 Å². The van der Waals surface area contributed by atoms with Crippen molar-refractivity contribution in [3.05, 3.63) is 12.7 Å². The first-order valence-corrected chi connectivity index (χ1v) is 5.57. The Morgan fingerprint density at radius 3 is 2.41 bits per heavy atom. The quantitative estimate of drug-likeness (QED) is 0.592. The number of carbonyl (C=O) groups excluding carboxylic acids is 2. The Morgan fingerprint density at radius 2 is 2.00 bits per heavy atom. The summed E-state index contributed by atoms with van der Waals surface area (Å²) in [7, 11) is 0. The van der Waals surface area contributed by atoms with E-state index in [2.05, 4.69) is 11.9 Å². The monoisotopic (exact) mass is 243 g/mol. The number of alkyl carbamates (subject to hydrolysis) is 1. The van der Waals surface area contributed by atoms with Crippen LogP contribution < -0.4 is 5.32 Å². The molecule has 1 N–H and O–H groups in total. The van der Waals surface area contributed by atoms with E-state index >= 15 is 0 Å². The van der Waals surface area contributed by atoms with Crippen molar-refractivity contribution in [1.29, 1.82) is 0 Å². The molecule has 0 aromatic rings. The van der Waals surface area contributed by atoms with Gasteiger partial charge in [-0.25, -0.2) is 9.59 Å². The Balaban J connectivity index is 4.39. The van der Waals surface area contributed by atoms with Gasteiger partial charge in [0.1, 0.15) is 11.6 Å². The SMILES string of the molecule is C=CCC(NC(=O)OC(C)(C)C)C(=O)OCC. The minimum absolute atomic E-state index is 0.266. The second-order valence-corrected chi connectivity index (χ2v) is 4.48. The molecule has 0 aromatic carbocycles. The van der Waals surface area contributed by atoms with Gasteiger partial charge in [-0.3, -0.25) is 0 Å². The minimum atomic E-state index is -0.748. The van der Waals surface area contributed by atoms with Gasteiger partial charge in [0.2, 0.25) is 0 Å². The Bertz CT molecular complexity index is 281. The summed E-state index contributed by atoms with van der Waals surface area (Å²) in [6.07, 6.45) is 1.20. The van der Waals surface area contributed by atoms with Gasteiger partial charge >= 0.3 is 12.1 Å². The van der Waals surface area contributed by atoms with Crippen molar-refractivity contribution < 1.29 is 19.1 Å². The number of nitrogens with one attached hydrogen (secondary N) is 1. The second-order valence-electron chi connectivity index (χ2n) is 4.48. The zero-order chi connectivity index (χ0) is 13.5. The molecule has 1 atom stereocenters. The van der Waals surface area contributed by atoms with Crippen molar-refractivity contribution in [2.45, 2.75) is 45.8 Å². The Hall–Kier alpha value is -1.52. The van der Waals surface area contributed by atoms with Crippen LogP contribution in [0.15, 0.2) is 12.7 Å². The Labute approximate surface area is 102 Å². The average Bonchev–Trinajstić information content (AvgIpc) is 2.14. The first-order valence-electron chi connectivity index (χ1n) is 5.57. The van der Waals surface area contributed by atoms with Crippen LogP contribution in [0.25, 0.3) is 0 Å². The molecular formula is C12H21NO4. The fraction of sp³-hybridized carbons (Fsp3) is 0.667. The molecule has 0 spiro atoms. The molecule has 0 aliphatic carbocycles. The lowest BCUT2D eigenvalue weighted by Gasteiger charge is -2.22. The Kier molecular flexibility index (Phi) is 6.31. The highest BCUT2D eigenvalue weighted by Crippen LogP contribution is 2.07. The molecule has 1 amide bonds. The van der Waals surface area contributed by atoms with Crippen LogP contribution in [0, 0.1) is 0 Å². The number of hydrogen-bond donors (Lipinski definition) is 1. The normalized spacial score (nSPS) is 12.5. The molecule has 0 aromatic heterocycles. The third-order valence-electron chi connectivity index (χ3n) is 1.66. The molecule has 17 heavy (non-hydrogen) atoms. The number of rotatable bonds is 5. The molecule has 0 heterocycles. The van der Waals surface area contributed by atoms with E-state index in [-0.39, 0.29) is 6.61 Å². The van der Waals surface area contributed by atoms with Crippen LogP contribution in [-0.2, 0) is 14.3 Å². The van der Waals surface area contributed by atoms with E-state index in [1.807, 2.05) is 0 Å². The maximum atomic E-state index is 11.5. The van der Waals surface area contributed by atoms with Crippen LogP contribution in [0.4, 0.5) is 4.79 Å². The van der Waals surface area contributed by atoms with Gasteiger partial charge in [-0.15, -0.1) is 6.58 Å². The molecule has 0 fully saturated rings. The first kappa shape index (κ1) is 15.5. The fourth-order valence-corrected chi connectivity index (χ4v) is 1.07. The van der Waals surface area contributed by atoms with E-state index in [4.69, 9.17) is 9.47 Å². The van der Waals surface area contributed by atoms with Crippen molar-refractivity contribution in [3.8, 4) is 0 Å². The Morgan fingerprint density at radius 1 is 1.41 bits per heavy atom. The summed E-state index contributed by atoms with van der Waals surface area (Å²) in [5.41, 5.74) is -0.600. The van der Waals surface area contributed by atoms with Gasteiger partial charge in [0.15, 0.2) is 0 Å². The number of ether oxygens (including phenoxy) is 2. The van der Waals surface area contributed by atoms with Gasteiger partial charge < -0.3 is 14.8 Å². The highest BCUT2D eigenvalue weighted by Gasteiger charge is 2.24. The molecule has 0 radical (unpaired) electrons. The van der Waals surface area contributed by atoms with Gasteiger partial charge in [0.25, 0.3) is 0 Å². The lowest BCUT2D eigenvalue weighted by Crippen LogP contribution is -2.44. The first-order chi connectivity index (χ1) is 7.80. The second kappa shape index (κ2) is 6.93. The molecule has 0 rings (SSSR count). The number of hydrogen-bond acceptors (Lipinski definition) is 4. The predicted molar refractivity (Wildman–Crippen MR) is 64.6 cm³/mol. The summed E-state index contributed by atoms with van der Waals surface area (Å²) in [5, 5.41) is 2.45. The number of amides is 1. The molecule has 0 saturated heterocycles. The van der Waals surface area contributed by atoms with E-state index in [1.54, 1.807) is 33.8 Å². The third kappa shape index (κ3) is 7.38. The van der Waals surface area contributed by atoms with E-state index in [0.29, 0.717) is 6.42 Å². The van der Waals surface area contributed by atoms with Crippen LogP contribution in [-0.4, -0.2) is 30.3 Å². The standard InChI is InChI=1S/C12H21NO4/c1-6-8-9(10(14)16-7-2)13-11(15)17-12(3,4)5/h6,9H,1,7-8H2,2-5H3,(H,13,15). The fourth-order valence-electron chi connectivity index (χ4n) is 1.07. The van der Waals surface area contributed by atoms with Crippen LogP contribution >= 0.6 is 0 Å². The molecule has 0 aliphatic heterocycles. The van der Waals surface area contributed by atoms with Crippen LogP contribution in [0.1, 0.15) is 34.1 Å². The molecule has 0 saturated carbocycles. The number of esters is 1. The topological polar surface area (TPSA) is 64.6 Å². The summed E-state index contributed by atoms with van der Waals surface area (Å²) in [6, 6.07) is -0.748. The van der Waals surface area contributed by atoms with Crippen LogP contribution in [0.3, 0.4) is 0 Å². The maximum Gasteiger partial charge on any atom is 0.408 e. The number of carbonyl (C=O) groups is 2. The smallest absolute Gasteiger partial charge is 0.408 e. The summed E-state index contributed by atoms with van der Waals surface area (Å²) in [4.78, 5) is 23.0. The third-order valence-corrected chi connectivity index (χ3v) is 1.66. The summed E-state index contributed by atoms with van der Waals surface area (Å²) < 4.78 is 9.88. The van der Waals surface area contributed by atoms with Crippen LogP contribution in [0.2, 0.25) is 0 Å². The predicted octanol–water partition coefficient (Wildman–Crippen LogP) is 2.02. The van der Waals surface area contributed by atoms with Crippen molar-refractivity contribution in [1.82, 2.24) is 5.32 Å². The highest BCUT2D eigenvalue weighted by molar-refractivity contribution is 5.81. The molecule has 0 bridgehead atoms. The van der Waals surface area contributed by atoms with Gasteiger partial charge in [-0.2, -0.15) is 0 Å². The largest absolute Gasteiger partial charge is 0.464 e. The van der Waals surface area contributed by atoms with Gasteiger partial charge in [0.05, 0.1) is 6.61 Å². The summed E-state index contributed by atoms with van der Waals surface area (Å²) in [5.74, 6) is -0.488. The van der Waals surface area contributed by atoms with E-state index < -0.39 is 23.7 Å². The van der Waals surface area contributed by atoms with Gasteiger partial charge in [0, 0.05) is 0 Å². The van der Waals surface area contributed by atoms with E-state index in [0.717, 1.165) is 0 Å². The lowest BCUT2D eigenvalue weighted by molar-refractivity contribution is -0.145. The van der Waals surface area contributed by atoms with Gasteiger partial charge in [-0.05, 0) is 34.1 Å². The molecule has 5 heteroatoms.